The molecule has 0 spiro atoms. The molecule has 1 aromatic rings. The fraction of sp³-hybridized carbons (Fsp3) is 0.571. The Labute approximate surface area is 107 Å². The molecule has 1 fully saturated rings. The summed E-state index contributed by atoms with van der Waals surface area (Å²) in [4.78, 5) is 0. The minimum atomic E-state index is -0.186. The van der Waals surface area contributed by atoms with E-state index in [1.54, 1.807) is 6.07 Å². The molecule has 0 amide bonds. The van der Waals surface area contributed by atoms with Crippen molar-refractivity contribution in [3.8, 4) is 0 Å². The van der Waals surface area contributed by atoms with Gasteiger partial charge in [0.05, 0.1) is 25.9 Å². The molecule has 1 aliphatic rings. The second-order valence-electron chi connectivity index (χ2n) is 4.65. The molecule has 0 aromatic heterocycles. The summed E-state index contributed by atoms with van der Waals surface area (Å²) in [6.45, 7) is 3.86. The quantitative estimate of drug-likeness (QED) is 0.885. The van der Waals surface area contributed by atoms with Crippen molar-refractivity contribution in [2.75, 3.05) is 26.9 Å². The van der Waals surface area contributed by atoms with Gasteiger partial charge in [0.25, 0.3) is 0 Å². The Morgan fingerprint density at radius 1 is 1.44 bits per heavy atom. The van der Waals surface area contributed by atoms with Gasteiger partial charge in [0.15, 0.2) is 0 Å². The highest BCUT2D eigenvalue weighted by molar-refractivity contribution is 5.27. The third-order valence-electron chi connectivity index (χ3n) is 3.41. The van der Waals surface area contributed by atoms with Crippen molar-refractivity contribution in [2.24, 2.45) is 0 Å². The van der Waals surface area contributed by atoms with E-state index in [0.29, 0.717) is 19.8 Å². The lowest BCUT2D eigenvalue weighted by Crippen LogP contribution is -2.46. The lowest BCUT2D eigenvalue weighted by molar-refractivity contribution is -0.100. The number of rotatable bonds is 4. The summed E-state index contributed by atoms with van der Waals surface area (Å²) >= 11 is 0. The second kappa shape index (κ2) is 6.27. The smallest absolute Gasteiger partial charge is 0.123 e. The molecule has 0 aliphatic carbocycles. The normalized spacial score (nSPS) is 21.8. The van der Waals surface area contributed by atoms with Crippen LogP contribution in [0.5, 0.6) is 0 Å². The molecule has 0 radical (unpaired) electrons. The molecule has 2 unspecified atom stereocenters. The van der Waals surface area contributed by atoms with Crippen molar-refractivity contribution in [1.29, 1.82) is 0 Å². The monoisotopic (exact) mass is 253 g/mol. The van der Waals surface area contributed by atoms with E-state index in [0.717, 1.165) is 17.5 Å². The maximum absolute atomic E-state index is 13.1. The van der Waals surface area contributed by atoms with Gasteiger partial charge < -0.3 is 14.8 Å². The zero-order valence-electron chi connectivity index (χ0n) is 10.9. The van der Waals surface area contributed by atoms with Crippen molar-refractivity contribution in [2.45, 2.75) is 25.5 Å². The van der Waals surface area contributed by atoms with Gasteiger partial charge in [0.2, 0.25) is 0 Å². The summed E-state index contributed by atoms with van der Waals surface area (Å²) in [6, 6.07) is 5.11. The summed E-state index contributed by atoms with van der Waals surface area (Å²) in [5.74, 6) is -0.186. The van der Waals surface area contributed by atoms with Gasteiger partial charge in [-0.25, -0.2) is 4.39 Å². The van der Waals surface area contributed by atoms with Gasteiger partial charge in [0.1, 0.15) is 5.82 Å². The van der Waals surface area contributed by atoms with Crippen molar-refractivity contribution in [3.05, 3.63) is 35.1 Å². The highest BCUT2D eigenvalue weighted by Gasteiger charge is 2.24. The molecule has 1 aromatic carbocycles. The number of hydrogen-bond donors (Lipinski definition) is 1. The molecule has 1 aliphatic heterocycles. The fourth-order valence-electron chi connectivity index (χ4n) is 2.28. The van der Waals surface area contributed by atoms with E-state index < -0.39 is 0 Å². The molecule has 0 saturated carbocycles. The van der Waals surface area contributed by atoms with E-state index in [1.807, 2.05) is 20.0 Å². The number of benzene rings is 1. The highest BCUT2D eigenvalue weighted by Crippen LogP contribution is 2.16. The molecule has 1 saturated heterocycles. The number of likely N-dealkylation sites (N-methyl/N-ethyl adjacent to an activating group) is 1. The molecular weight excluding hydrogens is 233 g/mol. The van der Waals surface area contributed by atoms with Gasteiger partial charge in [-0.05, 0) is 43.7 Å². The van der Waals surface area contributed by atoms with Crippen molar-refractivity contribution in [3.63, 3.8) is 0 Å². The second-order valence-corrected chi connectivity index (χ2v) is 4.65. The van der Waals surface area contributed by atoms with Crippen LogP contribution < -0.4 is 5.32 Å². The SMILES string of the molecule is CNC(Cc1ccc(F)cc1C)C1COCCO1. The molecule has 100 valence electrons. The Balaban J connectivity index is 2.04. The lowest BCUT2D eigenvalue weighted by atomic mass is 9.97. The maximum atomic E-state index is 13.1. The third-order valence-corrected chi connectivity index (χ3v) is 3.41. The first-order valence-corrected chi connectivity index (χ1v) is 6.32. The van der Waals surface area contributed by atoms with Gasteiger partial charge in [-0.15, -0.1) is 0 Å². The van der Waals surface area contributed by atoms with Crippen LogP contribution in [0.2, 0.25) is 0 Å². The van der Waals surface area contributed by atoms with E-state index in [9.17, 15) is 4.39 Å². The Bertz CT molecular complexity index is 391. The maximum Gasteiger partial charge on any atom is 0.123 e. The summed E-state index contributed by atoms with van der Waals surface area (Å²) in [6.07, 6.45) is 0.879. The number of halogens is 1. The first-order chi connectivity index (χ1) is 8.70. The predicted octanol–water partition coefficient (Wildman–Crippen LogP) is 1.68. The summed E-state index contributed by atoms with van der Waals surface area (Å²) in [5, 5.41) is 3.26. The van der Waals surface area contributed by atoms with E-state index in [1.165, 1.54) is 6.07 Å². The molecule has 18 heavy (non-hydrogen) atoms. The molecule has 4 heteroatoms. The van der Waals surface area contributed by atoms with E-state index >= 15 is 0 Å². The van der Waals surface area contributed by atoms with Gasteiger partial charge in [0, 0.05) is 6.04 Å². The van der Waals surface area contributed by atoms with Gasteiger partial charge in [-0.2, -0.15) is 0 Å². The molecule has 2 rings (SSSR count). The van der Waals surface area contributed by atoms with Gasteiger partial charge in [-0.3, -0.25) is 0 Å². The van der Waals surface area contributed by atoms with Gasteiger partial charge in [-0.1, -0.05) is 6.07 Å². The van der Waals surface area contributed by atoms with Gasteiger partial charge >= 0.3 is 0 Å². The lowest BCUT2D eigenvalue weighted by Gasteiger charge is -2.30. The molecule has 1 heterocycles. The molecule has 0 bridgehead atoms. The van der Waals surface area contributed by atoms with Crippen LogP contribution in [-0.2, 0) is 15.9 Å². The van der Waals surface area contributed by atoms with Crippen LogP contribution in [0.4, 0.5) is 4.39 Å². The van der Waals surface area contributed by atoms with Crippen LogP contribution in [0.1, 0.15) is 11.1 Å². The first-order valence-electron chi connectivity index (χ1n) is 6.32. The minimum Gasteiger partial charge on any atom is -0.376 e. The summed E-state index contributed by atoms with van der Waals surface area (Å²) in [5.41, 5.74) is 2.12. The Morgan fingerprint density at radius 2 is 2.28 bits per heavy atom. The summed E-state index contributed by atoms with van der Waals surface area (Å²) < 4.78 is 24.2. The number of hydrogen-bond acceptors (Lipinski definition) is 3. The van der Waals surface area contributed by atoms with Crippen LogP contribution >= 0.6 is 0 Å². The van der Waals surface area contributed by atoms with Crippen molar-refractivity contribution < 1.29 is 13.9 Å². The standard InChI is InChI=1S/C14H20FNO2/c1-10-7-12(15)4-3-11(10)8-13(16-2)14-9-17-5-6-18-14/h3-4,7,13-14,16H,5-6,8-9H2,1-2H3. The zero-order chi connectivity index (χ0) is 13.0. The molecule has 2 atom stereocenters. The van der Waals surface area contributed by atoms with Crippen LogP contribution in [0, 0.1) is 12.7 Å². The first kappa shape index (κ1) is 13.5. The van der Waals surface area contributed by atoms with E-state index in [4.69, 9.17) is 9.47 Å². The predicted molar refractivity (Wildman–Crippen MR) is 68.2 cm³/mol. The van der Waals surface area contributed by atoms with Crippen molar-refractivity contribution >= 4 is 0 Å². The highest BCUT2D eigenvalue weighted by atomic mass is 19.1. The van der Waals surface area contributed by atoms with Crippen LogP contribution in [-0.4, -0.2) is 39.0 Å². The zero-order valence-corrected chi connectivity index (χ0v) is 10.9. The summed E-state index contributed by atoms with van der Waals surface area (Å²) in [7, 11) is 1.92. The molecule has 1 N–H and O–H groups in total. The Morgan fingerprint density at radius 3 is 2.89 bits per heavy atom. The average molecular weight is 253 g/mol. The van der Waals surface area contributed by atoms with Crippen molar-refractivity contribution in [1.82, 2.24) is 5.32 Å². The van der Waals surface area contributed by atoms with Crippen LogP contribution in [0.25, 0.3) is 0 Å². The fourth-order valence-corrected chi connectivity index (χ4v) is 2.28. The number of ether oxygens (including phenoxy) is 2. The molecular formula is C14H20FNO2. The number of aryl methyl sites for hydroxylation is 1. The largest absolute Gasteiger partial charge is 0.376 e. The minimum absolute atomic E-state index is 0.0632. The Hall–Kier alpha value is -0.970. The van der Waals surface area contributed by atoms with Crippen LogP contribution in [0.15, 0.2) is 18.2 Å². The van der Waals surface area contributed by atoms with E-state index in [2.05, 4.69) is 5.32 Å². The van der Waals surface area contributed by atoms with E-state index in [-0.39, 0.29) is 18.0 Å². The average Bonchev–Trinajstić information content (AvgIpc) is 2.39. The Kier molecular flexibility index (Phi) is 4.69. The molecule has 3 nitrogen and oxygen atoms in total. The van der Waals surface area contributed by atoms with Crippen LogP contribution in [0.3, 0.4) is 0 Å². The topological polar surface area (TPSA) is 30.5 Å². The third kappa shape index (κ3) is 3.28. The number of nitrogens with one attached hydrogen (secondary N) is 1.